The van der Waals surface area contributed by atoms with Gasteiger partial charge in [0.25, 0.3) is 11.8 Å². The molecule has 28 heteroatoms. The number of hydrogen-bond donors (Lipinski definition) is 2. The minimum atomic E-state index is -4.87. The van der Waals surface area contributed by atoms with Crippen molar-refractivity contribution < 1.29 is 71.8 Å². The Kier molecular flexibility index (Phi) is 20.8. The van der Waals surface area contributed by atoms with Gasteiger partial charge in [-0.1, -0.05) is 39.1 Å². The van der Waals surface area contributed by atoms with E-state index in [0.29, 0.717) is 22.5 Å². The zero-order chi connectivity index (χ0) is 60.5. The summed E-state index contributed by atoms with van der Waals surface area (Å²) in [6.07, 6.45) is -6.31. The Morgan fingerprint density at radius 1 is 0.595 bits per heavy atom. The number of alkyl halides is 6. The van der Waals surface area contributed by atoms with Crippen LogP contribution in [0.15, 0.2) is 93.6 Å². The predicted molar refractivity (Wildman–Crippen MR) is 311 cm³/mol. The van der Waals surface area contributed by atoms with E-state index in [1.807, 2.05) is 26.0 Å². The summed E-state index contributed by atoms with van der Waals surface area (Å²) in [6.45, 7) is 7.35. The van der Waals surface area contributed by atoms with Crippen LogP contribution < -0.4 is 29.9 Å². The van der Waals surface area contributed by atoms with Gasteiger partial charge in [-0.05, 0) is 159 Å². The number of carbonyl (C=O) groups is 4. The molecule has 456 valence electrons. The van der Waals surface area contributed by atoms with Crippen molar-refractivity contribution in [1.29, 1.82) is 0 Å². The summed E-state index contributed by atoms with van der Waals surface area (Å²) in [5.74, 6) is -1.56. The van der Waals surface area contributed by atoms with E-state index in [0.717, 1.165) is 57.3 Å². The van der Waals surface area contributed by atoms with Crippen LogP contribution in [0.1, 0.15) is 85.0 Å². The van der Waals surface area contributed by atoms with Gasteiger partial charge in [-0.3, -0.25) is 29.3 Å². The number of amidine groups is 2. The van der Waals surface area contributed by atoms with Crippen LogP contribution in [0.25, 0.3) is 12.2 Å². The number of ether oxygens (including phenoxy) is 2. The number of nitrogens with zero attached hydrogens (tertiary/aromatic N) is 7. The smallest absolute Gasteiger partial charge is 0.406 e. The van der Waals surface area contributed by atoms with Gasteiger partial charge in [-0.2, -0.15) is 8.61 Å². The molecule has 4 aromatic carbocycles. The molecule has 2 spiro atoms. The Hall–Kier alpha value is -7.33. The van der Waals surface area contributed by atoms with Gasteiger partial charge in [0.2, 0.25) is 20.0 Å². The molecule has 4 aliphatic heterocycles. The number of carbonyl (C=O) groups excluding carboxylic acids is 4. The average Bonchev–Trinajstić information content (AvgIpc) is 3.31. The first-order chi connectivity index (χ1) is 38.1. The summed E-state index contributed by atoms with van der Waals surface area (Å²) < 4.78 is 139. The first-order valence-electron chi connectivity index (χ1n) is 25.1. The fraction of sp³-hybridized carbons (Fsp3) is 0.393. The molecule has 0 bridgehead atoms. The highest BCUT2D eigenvalue weighted by Crippen LogP contribution is 2.36. The molecule has 2 N–H and O–H groups in total. The van der Waals surface area contributed by atoms with Crippen LogP contribution >= 0.6 is 11.6 Å². The number of amides is 5. The molecule has 0 aliphatic carbocycles. The predicted octanol–water partition coefficient (Wildman–Crippen LogP) is 10.0. The first-order valence-corrected chi connectivity index (χ1v) is 28.5. The molecule has 19 nitrogen and oxygen atoms in total. The number of hydrogen-bond acceptors (Lipinski definition) is 12. The number of halogens is 7. The zero-order valence-corrected chi connectivity index (χ0v) is 48.0. The van der Waals surface area contributed by atoms with Crippen LogP contribution in [-0.2, 0) is 29.6 Å². The third-order valence-corrected chi connectivity index (χ3v) is 17.5. The number of aryl methyl sites for hydroxylation is 4. The standard InChI is InChI=1S/C28H32F3N5O5S.C26H26ClF3N4O5S.2CH4/c1-18-15-21(35(5)26(38)34(3)4)16-19(2)23(18)9-14-42(39,40)36-12-10-27(11-13-36)25(37)32-24(33-27)20-7-6-8-22(17-20)41-28(29,30)31;1-16-13-19(33(3)24(27)36)14-17(2)21(16)7-12-40(37,38)34-10-8-25(9-11-34)23(35)31-22(32-25)18-5-4-6-20(15-18)39-26(28,29)30;;/h6-9,14-17H,10-13H2,1-5H3,(H,32,33,37);4-7,12-15H,8-11H2,1-3H3,(H,31,32,35);2*1H4/b14-9+;12-7+;;. The van der Waals surface area contributed by atoms with Gasteiger partial charge in [0.1, 0.15) is 34.2 Å². The van der Waals surface area contributed by atoms with Crippen LogP contribution in [0.5, 0.6) is 11.5 Å². The highest BCUT2D eigenvalue weighted by atomic mass is 35.5. The van der Waals surface area contributed by atoms with Gasteiger partial charge in [0, 0.05) is 87.7 Å². The van der Waals surface area contributed by atoms with Crippen molar-refractivity contribution in [3.8, 4) is 11.5 Å². The molecule has 0 radical (unpaired) electrons. The third-order valence-electron chi connectivity index (χ3n) is 14.1. The molecule has 5 amide bonds. The number of sulfonamides is 2. The van der Waals surface area contributed by atoms with E-state index in [1.54, 1.807) is 47.1 Å². The van der Waals surface area contributed by atoms with Crippen molar-refractivity contribution in [2.45, 2.75) is 92.0 Å². The second kappa shape index (κ2) is 25.9. The fourth-order valence-corrected chi connectivity index (χ4v) is 12.1. The van der Waals surface area contributed by atoms with Crippen LogP contribution in [-0.4, -0.2) is 143 Å². The molecular formula is C56H66ClF6N9O10S2. The second-order valence-electron chi connectivity index (χ2n) is 20.1. The first kappa shape index (κ1) is 67.5. The molecule has 4 aliphatic rings. The highest BCUT2D eigenvalue weighted by Gasteiger charge is 2.49. The lowest BCUT2D eigenvalue weighted by Crippen LogP contribution is -2.50. The van der Waals surface area contributed by atoms with Gasteiger partial charge in [-0.15, -0.1) is 26.3 Å². The lowest BCUT2D eigenvalue weighted by molar-refractivity contribution is -0.275. The van der Waals surface area contributed by atoms with E-state index in [9.17, 15) is 62.4 Å². The molecule has 2 saturated heterocycles. The normalized spacial score (nSPS) is 17.1. The van der Waals surface area contributed by atoms with Gasteiger partial charge in [0.15, 0.2) is 0 Å². The summed E-state index contributed by atoms with van der Waals surface area (Å²) in [7, 11) is -1.18. The number of aliphatic imine (C=N–C) groups is 2. The van der Waals surface area contributed by atoms with E-state index in [-0.39, 0.29) is 95.5 Å². The maximum Gasteiger partial charge on any atom is 0.573 e. The quantitative estimate of drug-likeness (QED) is 0.0776. The minimum absolute atomic E-state index is 0. The summed E-state index contributed by atoms with van der Waals surface area (Å²) in [6, 6.07) is 17.1. The molecule has 84 heavy (non-hydrogen) atoms. The molecule has 4 aromatic rings. The Balaban J connectivity index is 0.000000300. The lowest BCUT2D eigenvalue weighted by Gasteiger charge is -2.34. The number of rotatable bonds is 12. The monoisotopic (exact) mass is 1240 g/mol. The van der Waals surface area contributed by atoms with Crippen LogP contribution in [0.2, 0.25) is 0 Å². The van der Waals surface area contributed by atoms with Crippen molar-refractivity contribution in [1.82, 2.24) is 24.1 Å². The van der Waals surface area contributed by atoms with Crippen LogP contribution in [0, 0.1) is 27.7 Å². The molecule has 0 saturated carbocycles. The maximum absolute atomic E-state index is 13.2. The lowest BCUT2D eigenvalue weighted by atomic mass is 9.89. The number of nitrogens with one attached hydrogen (secondary N) is 2. The summed E-state index contributed by atoms with van der Waals surface area (Å²) in [4.78, 5) is 62.8. The van der Waals surface area contributed by atoms with E-state index in [4.69, 9.17) is 11.6 Å². The van der Waals surface area contributed by atoms with Gasteiger partial charge in [-0.25, -0.2) is 21.6 Å². The van der Waals surface area contributed by atoms with Crippen molar-refractivity contribution in [3.63, 3.8) is 0 Å². The molecule has 4 heterocycles. The van der Waals surface area contributed by atoms with Crippen LogP contribution in [0.3, 0.4) is 0 Å². The summed E-state index contributed by atoms with van der Waals surface area (Å²) in [5, 5.41) is 6.82. The van der Waals surface area contributed by atoms with Gasteiger partial charge in [0.05, 0.1) is 0 Å². The molecule has 2 fully saturated rings. The molecule has 0 atom stereocenters. The Bertz CT molecular complexity index is 3490. The number of urea groups is 1. The Morgan fingerprint density at radius 3 is 1.24 bits per heavy atom. The molecular weight excluding hydrogens is 1170 g/mol. The fourth-order valence-electron chi connectivity index (χ4n) is 9.70. The van der Waals surface area contributed by atoms with E-state index in [1.165, 1.54) is 66.8 Å². The van der Waals surface area contributed by atoms with Gasteiger partial charge < -0.3 is 29.9 Å². The molecule has 0 unspecified atom stereocenters. The van der Waals surface area contributed by atoms with E-state index < -0.39 is 72.5 Å². The van der Waals surface area contributed by atoms with Crippen molar-refractivity contribution in [2.24, 2.45) is 9.98 Å². The summed E-state index contributed by atoms with van der Waals surface area (Å²) in [5.41, 5.74) is 3.77. The topological polar surface area (TPSA) is 220 Å². The zero-order valence-electron chi connectivity index (χ0n) is 45.6. The molecule has 0 aromatic heterocycles. The highest BCUT2D eigenvalue weighted by molar-refractivity contribution is 7.92. The minimum Gasteiger partial charge on any atom is -0.406 e. The molecule has 8 rings (SSSR count). The average molecular weight is 1240 g/mol. The maximum atomic E-state index is 13.2. The third kappa shape index (κ3) is 15.7. The SMILES string of the molecule is C.C.Cc1cc(N(C)C(=O)Cl)cc(C)c1/C=C/S(=O)(=O)N1CCC2(CC1)N=C(c1cccc(OC(F)(F)F)c1)NC2=O.Cc1cc(N(C)C(=O)N(C)C)cc(C)c1/C=C/S(=O)(=O)N1CCC2(CC1)N=C(c1cccc(OC(F)(F)F)c1)NC2=O. The van der Waals surface area contributed by atoms with Crippen molar-refractivity contribution in [3.05, 3.63) is 128 Å². The summed E-state index contributed by atoms with van der Waals surface area (Å²) >= 11 is 5.55. The van der Waals surface area contributed by atoms with Crippen LogP contribution in [0.4, 0.5) is 47.3 Å². The van der Waals surface area contributed by atoms with Crippen molar-refractivity contribution in [2.75, 3.05) is 64.2 Å². The number of piperidine rings is 2. The second-order valence-corrected chi connectivity index (χ2v) is 24.0. The van der Waals surface area contributed by atoms with Gasteiger partial charge >= 0.3 is 24.1 Å². The Labute approximate surface area is 489 Å². The number of anilines is 2. The number of benzene rings is 4. The van der Waals surface area contributed by atoms with E-state index >= 15 is 0 Å². The Morgan fingerprint density at radius 2 is 0.929 bits per heavy atom. The largest absolute Gasteiger partial charge is 0.573 e. The van der Waals surface area contributed by atoms with E-state index in [2.05, 4.69) is 30.1 Å². The van der Waals surface area contributed by atoms with Crippen molar-refractivity contribution >= 4 is 90.1 Å².